The SMILES string of the molecule is Nc1nccc(/C=C/c2ccncc2)n1. The van der Waals surface area contributed by atoms with E-state index in [0.29, 0.717) is 0 Å². The topological polar surface area (TPSA) is 64.7 Å². The van der Waals surface area contributed by atoms with E-state index in [1.54, 1.807) is 24.7 Å². The molecule has 4 heteroatoms. The lowest BCUT2D eigenvalue weighted by atomic mass is 10.2. The van der Waals surface area contributed by atoms with Gasteiger partial charge in [-0.3, -0.25) is 4.98 Å². The molecule has 2 N–H and O–H groups in total. The van der Waals surface area contributed by atoms with Crippen LogP contribution < -0.4 is 5.73 Å². The number of nitrogens with two attached hydrogens (primary N) is 1. The molecule has 0 aromatic carbocycles. The highest BCUT2D eigenvalue weighted by atomic mass is 15.0. The Morgan fingerprint density at radius 1 is 1.00 bits per heavy atom. The van der Waals surface area contributed by atoms with Gasteiger partial charge in [-0.2, -0.15) is 0 Å². The predicted molar refractivity (Wildman–Crippen MR) is 59.6 cm³/mol. The number of aromatic nitrogens is 3. The number of hydrogen-bond acceptors (Lipinski definition) is 4. The first-order valence-corrected chi connectivity index (χ1v) is 4.51. The highest BCUT2D eigenvalue weighted by Gasteiger charge is 1.90. The van der Waals surface area contributed by atoms with Crippen molar-refractivity contribution in [2.75, 3.05) is 5.73 Å². The second kappa shape index (κ2) is 4.32. The highest BCUT2D eigenvalue weighted by Crippen LogP contribution is 2.05. The zero-order valence-corrected chi connectivity index (χ0v) is 8.04. The Morgan fingerprint density at radius 3 is 2.53 bits per heavy atom. The summed E-state index contributed by atoms with van der Waals surface area (Å²) in [7, 11) is 0. The molecule has 0 amide bonds. The minimum atomic E-state index is 0.284. The van der Waals surface area contributed by atoms with Crippen molar-refractivity contribution >= 4 is 18.1 Å². The van der Waals surface area contributed by atoms with E-state index in [1.807, 2.05) is 24.3 Å². The molecule has 2 aromatic rings. The fraction of sp³-hybridized carbons (Fsp3) is 0. The summed E-state index contributed by atoms with van der Waals surface area (Å²) in [6.07, 6.45) is 8.95. The zero-order chi connectivity index (χ0) is 10.5. The third kappa shape index (κ3) is 2.60. The molecule has 0 aliphatic carbocycles. The van der Waals surface area contributed by atoms with Crippen LogP contribution in [0.4, 0.5) is 5.95 Å². The van der Waals surface area contributed by atoms with Crippen LogP contribution in [-0.4, -0.2) is 15.0 Å². The molecule has 2 heterocycles. The van der Waals surface area contributed by atoms with Crippen molar-refractivity contribution in [2.45, 2.75) is 0 Å². The van der Waals surface area contributed by atoms with Crippen LogP contribution in [0.5, 0.6) is 0 Å². The van der Waals surface area contributed by atoms with Crippen molar-refractivity contribution < 1.29 is 0 Å². The second-order valence-electron chi connectivity index (χ2n) is 2.95. The van der Waals surface area contributed by atoms with Crippen LogP contribution in [0.25, 0.3) is 12.2 Å². The van der Waals surface area contributed by atoms with E-state index < -0.39 is 0 Å². The van der Waals surface area contributed by atoms with Gasteiger partial charge in [-0.05, 0) is 29.8 Å². The van der Waals surface area contributed by atoms with Crippen molar-refractivity contribution in [2.24, 2.45) is 0 Å². The van der Waals surface area contributed by atoms with E-state index in [0.717, 1.165) is 11.3 Å². The van der Waals surface area contributed by atoms with Crippen molar-refractivity contribution in [1.29, 1.82) is 0 Å². The van der Waals surface area contributed by atoms with Crippen LogP contribution in [0, 0.1) is 0 Å². The van der Waals surface area contributed by atoms with E-state index in [2.05, 4.69) is 15.0 Å². The van der Waals surface area contributed by atoms with Crippen LogP contribution in [0.3, 0.4) is 0 Å². The Kier molecular flexibility index (Phi) is 2.69. The highest BCUT2D eigenvalue weighted by molar-refractivity contribution is 5.67. The molecule has 0 unspecified atom stereocenters. The normalized spacial score (nSPS) is 10.7. The van der Waals surface area contributed by atoms with Gasteiger partial charge in [-0.1, -0.05) is 6.08 Å². The molecule has 2 aromatic heterocycles. The van der Waals surface area contributed by atoms with Gasteiger partial charge in [-0.15, -0.1) is 0 Å². The van der Waals surface area contributed by atoms with Gasteiger partial charge in [0.15, 0.2) is 0 Å². The molecule has 0 fully saturated rings. The molecule has 0 bridgehead atoms. The lowest BCUT2D eigenvalue weighted by Crippen LogP contribution is -1.94. The van der Waals surface area contributed by atoms with Crippen LogP contribution in [-0.2, 0) is 0 Å². The summed E-state index contributed by atoms with van der Waals surface area (Å²) in [4.78, 5) is 11.8. The van der Waals surface area contributed by atoms with Crippen molar-refractivity contribution in [3.05, 3.63) is 48.0 Å². The van der Waals surface area contributed by atoms with Crippen LogP contribution >= 0.6 is 0 Å². The third-order valence-electron chi connectivity index (χ3n) is 1.85. The maximum Gasteiger partial charge on any atom is 0.220 e. The first-order chi connectivity index (χ1) is 7.34. The van der Waals surface area contributed by atoms with Crippen molar-refractivity contribution in [1.82, 2.24) is 15.0 Å². The van der Waals surface area contributed by atoms with Crippen molar-refractivity contribution in [3.8, 4) is 0 Å². The van der Waals surface area contributed by atoms with E-state index in [9.17, 15) is 0 Å². The van der Waals surface area contributed by atoms with Crippen LogP contribution in [0.2, 0.25) is 0 Å². The van der Waals surface area contributed by atoms with Crippen LogP contribution in [0.15, 0.2) is 36.8 Å². The fourth-order valence-electron chi connectivity index (χ4n) is 1.14. The average molecular weight is 198 g/mol. The van der Waals surface area contributed by atoms with E-state index in [-0.39, 0.29) is 5.95 Å². The van der Waals surface area contributed by atoms with Crippen molar-refractivity contribution in [3.63, 3.8) is 0 Å². The zero-order valence-electron chi connectivity index (χ0n) is 8.04. The summed E-state index contributed by atoms with van der Waals surface area (Å²) >= 11 is 0. The Labute approximate surface area is 87.5 Å². The number of nitrogen functional groups attached to an aromatic ring is 1. The molecule has 2 rings (SSSR count). The standard InChI is InChI=1S/C11H10N4/c12-11-14-8-5-10(15-11)2-1-9-3-6-13-7-4-9/h1-8H,(H2,12,14,15)/b2-1+. The first-order valence-electron chi connectivity index (χ1n) is 4.51. The van der Waals surface area contributed by atoms with E-state index >= 15 is 0 Å². The molecule has 0 saturated heterocycles. The molecule has 0 atom stereocenters. The molecule has 0 radical (unpaired) electrons. The summed E-state index contributed by atoms with van der Waals surface area (Å²) in [6.45, 7) is 0. The lowest BCUT2D eigenvalue weighted by Gasteiger charge is -1.94. The largest absolute Gasteiger partial charge is 0.368 e. The molecular formula is C11H10N4. The third-order valence-corrected chi connectivity index (χ3v) is 1.85. The number of pyridine rings is 1. The van der Waals surface area contributed by atoms with Gasteiger partial charge in [0.2, 0.25) is 5.95 Å². The number of anilines is 1. The van der Waals surface area contributed by atoms with E-state index in [4.69, 9.17) is 5.73 Å². The maximum atomic E-state index is 5.46. The second-order valence-corrected chi connectivity index (χ2v) is 2.95. The summed E-state index contributed by atoms with van der Waals surface area (Å²) < 4.78 is 0. The van der Waals surface area contributed by atoms with Gasteiger partial charge in [-0.25, -0.2) is 9.97 Å². The molecule has 0 aliphatic heterocycles. The molecule has 4 nitrogen and oxygen atoms in total. The summed E-state index contributed by atoms with van der Waals surface area (Å²) in [5, 5.41) is 0. The quantitative estimate of drug-likeness (QED) is 0.796. The monoisotopic (exact) mass is 198 g/mol. The van der Waals surface area contributed by atoms with E-state index in [1.165, 1.54) is 0 Å². The first kappa shape index (κ1) is 9.33. The smallest absolute Gasteiger partial charge is 0.220 e. The Morgan fingerprint density at radius 2 is 1.80 bits per heavy atom. The average Bonchev–Trinajstić information content (AvgIpc) is 2.28. The molecule has 0 saturated carbocycles. The Balaban J connectivity index is 2.19. The summed E-state index contributed by atoms with van der Waals surface area (Å²) in [6, 6.07) is 5.64. The van der Waals surface area contributed by atoms with Crippen LogP contribution in [0.1, 0.15) is 11.3 Å². The van der Waals surface area contributed by atoms with Gasteiger partial charge in [0, 0.05) is 18.6 Å². The number of rotatable bonds is 2. The fourth-order valence-corrected chi connectivity index (χ4v) is 1.14. The molecule has 0 aliphatic rings. The maximum absolute atomic E-state index is 5.46. The van der Waals surface area contributed by atoms with Gasteiger partial charge >= 0.3 is 0 Å². The summed E-state index contributed by atoms with van der Waals surface area (Å²) in [5.74, 6) is 0.284. The van der Waals surface area contributed by atoms with Gasteiger partial charge in [0.05, 0.1) is 5.69 Å². The minimum Gasteiger partial charge on any atom is -0.368 e. The van der Waals surface area contributed by atoms with Gasteiger partial charge in [0.1, 0.15) is 0 Å². The molecule has 15 heavy (non-hydrogen) atoms. The predicted octanol–water partition coefficient (Wildman–Crippen LogP) is 1.62. The number of hydrogen-bond donors (Lipinski definition) is 1. The minimum absolute atomic E-state index is 0.284. The Bertz CT molecular complexity index is 465. The molecule has 0 spiro atoms. The molecular weight excluding hydrogens is 188 g/mol. The molecule has 74 valence electrons. The number of nitrogens with zero attached hydrogens (tertiary/aromatic N) is 3. The Hall–Kier alpha value is -2.23. The van der Waals surface area contributed by atoms with Gasteiger partial charge < -0.3 is 5.73 Å². The van der Waals surface area contributed by atoms with Gasteiger partial charge in [0.25, 0.3) is 0 Å². The lowest BCUT2D eigenvalue weighted by molar-refractivity contribution is 1.17. The summed E-state index contributed by atoms with van der Waals surface area (Å²) in [5.41, 5.74) is 7.32.